The minimum atomic E-state index is 0.522. The van der Waals surface area contributed by atoms with Crippen LogP contribution in [0.3, 0.4) is 0 Å². The first-order valence-electron chi connectivity index (χ1n) is 7.01. The van der Waals surface area contributed by atoms with E-state index in [0.717, 1.165) is 35.9 Å². The molecule has 1 saturated carbocycles. The third-order valence-corrected chi connectivity index (χ3v) is 4.07. The number of para-hydroxylation sites is 1. The predicted molar refractivity (Wildman–Crippen MR) is 81.9 cm³/mol. The van der Waals surface area contributed by atoms with Crippen molar-refractivity contribution in [3.05, 3.63) is 35.9 Å². The lowest BCUT2D eigenvalue weighted by Crippen LogP contribution is -2.27. The first kappa shape index (κ1) is 12.7. The van der Waals surface area contributed by atoms with E-state index in [1.54, 1.807) is 0 Å². The number of aromatic nitrogens is 1. The van der Waals surface area contributed by atoms with Crippen molar-refractivity contribution in [2.75, 3.05) is 18.0 Å². The summed E-state index contributed by atoms with van der Waals surface area (Å²) in [6, 6.07) is 10.4. The molecule has 1 heterocycles. The van der Waals surface area contributed by atoms with Gasteiger partial charge in [0, 0.05) is 24.0 Å². The van der Waals surface area contributed by atoms with Gasteiger partial charge in [-0.25, -0.2) is 4.98 Å². The SMILES string of the molecule is CCN(CC1CC1)c1nc2ccccc2cc1CCl. The van der Waals surface area contributed by atoms with Crippen LogP contribution in [0, 0.1) is 5.92 Å². The highest BCUT2D eigenvalue weighted by molar-refractivity contribution is 6.17. The number of hydrogen-bond acceptors (Lipinski definition) is 2. The second-order valence-corrected chi connectivity index (χ2v) is 5.55. The molecule has 0 bridgehead atoms. The van der Waals surface area contributed by atoms with E-state index in [1.165, 1.54) is 18.2 Å². The van der Waals surface area contributed by atoms with Crippen LogP contribution in [0.2, 0.25) is 0 Å². The molecule has 1 fully saturated rings. The van der Waals surface area contributed by atoms with Gasteiger partial charge >= 0.3 is 0 Å². The molecule has 0 amide bonds. The second kappa shape index (κ2) is 5.38. The van der Waals surface area contributed by atoms with Crippen molar-refractivity contribution in [2.24, 2.45) is 5.92 Å². The molecule has 3 heteroatoms. The minimum Gasteiger partial charge on any atom is -0.356 e. The quantitative estimate of drug-likeness (QED) is 0.759. The Kier molecular flexibility index (Phi) is 3.61. The van der Waals surface area contributed by atoms with Crippen LogP contribution in [-0.4, -0.2) is 18.1 Å². The molecule has 1 aromatic heterocycles. The molecule has 2 aromatic rings. The molecule has 0 aliphatic heterocycles. The number of fused-ring (bicyclic) bond motifs is 1. The fraction of sp³-hybridized carbons (Fsp3) is 0.438. The largest absolute Gasteiger partial charge is 0.356 e. The van der Waals surface area contributed by atoms with Gasteiger partial charge in [-0.15, -0.1) is 11.6 Å². The van der Waals surface area contributed by atoms with E-state index in [-0.39, 0.29) is 0 Å². The molecule has 0 unspecified atom stereocenters. The molecule has 1 aliphatic carbocycles. The van der Waals surface area contributed by atoms with Crippen LogP contribution in [0.5, 0.6) is 0 Å². The molecule has 0 atom stereocenters. The summed E-state index contributed by atoms with van der Waals surface area (Å²) in [5.41, 5.74) is 2.20. The van der Waals surface area contributed by atoms with E-state index in [2.05, 4.69) is 30.0 Å². The minimum absolute atomic E-state index is 0.522. The molecular weight excluding hydrogens is 256 g/mol. The third-order valence-electron chi connectivity index (χ3n) is 3.78. The maximum absolute atomic E-state index is 6.12. The highest BCUT2D eigenvalue weighted by Crippen LogP contribution is 2.33. The zero-order valence-corrected chi connectivity index (χ0v) is 12.0. The van der Waals surface area contributed by atoms with Crippen LogP contribution in [0.1, 0.15) is 25.3 Å². The number of pyridine rings is 1. The van der Waals surface area contributed by atoms with Crippen LogP contribution in [0.25, 0.3) is 10.9 Å². The molecule has 3 rings (SSSR count). The average molecular weight is 275 g/mol. The number of anilines is 1. The monoisotopic (exact) mass is 274 g/mol. The first-order chi connectivity index (χ1) is 9.31. The lowest BCUT2D eigenvalue weighted by Gasteiger charge is -2.24. The zero-order chi connectivity index (χ0) is 13.2. The Hall–Kier alpha value is -1.28. The Balaban J connectivity index is 2.03. The maximum atomic E-state index is 6.12. The van der Waals surface area contributed by atoms with Gasteiger partial charge in [-0.2, -0.15) is 0 Å². The van der Waals surface area contributed by atoms with E-state index in [0.29, 0.717) is 5.88 Å². The van der Waals surface area contributed by atoms with E-state index in [9.17, 15) is 0 Å². The number of rotatable bonds is 5. The molecular formula is C16H19ClN2. The van der Waals surface area contributed by atoms with Crippen molar-refractivity contribution in [2.45, 2.75) is 25.6 Å². The van der Waals surface area contributed by atoms with Gasteiger partial charge in [0.25, 0.3) is 0 Å². The Bertz CT molecular complexity index is 578. The molecule has 2 nitrogen and oxygen atoms in total. The van der Waals surface area contributed by atoms with E-state index in [1.807, 2.05) is 12.1 Å². The summed E-state index contributed by atoms with van der Waals surface area (Å²) in [6.07, 6.45) is 2.72. The van der Waals surface area contributed by atoms with Crippen molar-refractivity contribution in [1.29, 1.82) is 0 Å². The third kappa shape index (κ3) is 2.69. The smallest absolute Gasteiger partial charge is 0.133 e. The molecule has 0 N–H and O–H groups in total. The van der Waals surface area contributed by atoms with Crippen molar-refractivity contribution in [1.82, 2.24) is 4.98 Å². The molecule has 100 valence electrons. The molecule has 0 saturated heterocycles. The number of benzene rings is 1. The summed E-state index contributed by atoms with van der Waals surface area (Å²) in [7, 11) is 0. The molecule has 0 radical (unpaired) electrons. The fourth-order valence-electron chi connectivity index (χ4n) is 2.50. The topological polar surface area (TPSA) is 16.1 Å². The van der Waals surface area contributed by atoms with Gasteiger partial charge < -0.3 is 4.90 Å². The van der Waals surface area contributed by atoms with Crippen LogP contribution < -0.4 is 4.90 Å². The Morgan fingerprint density at radius 1 is 1.32 bits per heavy atom. The highest BCUT2D eigenvalue weighted by Gasteiger charge is 2.25. The molecule has 1 aromatic carbocycles. The molecule has 1 aliphatic rings. The summed E-state index contributed by atoms with van der Waals surface area (Å²) in [4.78, 5) is 7.22. The van der Waals surface area contributed by atoms with Crippen molar-refractivity contribution in [3.8, 4) is 0 Å². The highest BCUT2D eigenvalue weighted by atomic mass is 35.5. The average Bonchev–Trinajstić information content (AvgIpc) is 3.27. The summed E-state index contributed by atoms with van der Waals surface area (Å²) in [6.45, 7) is 4.30. The van der Waals surface area contributed by atoms with Gasteiger partial charge in [-0.05, 0) is 37.8 Å². The summed E-state index contributed by atoms with van der Waals surface area (Å²) in [5, 5.41) is 1.17. The van der Waals surface area contributed by atoms with Crippen LogP contribution in [-0.2, 0) is 5.88 Å². The lowest BCUT2D eigenvalue weighted by molar-refractivity contribution is 0.731. The van der Waals surface area contributed by atoms with Crippen molar-refractivity contribution in [3.63, 3.8) is 0 Å². The second-order valence-electron chi connectivity index (χ2n) is 5.28. The standard InChI is InChI=1S/C16H19ClN2/c1-2-19(11-12-7-8-12)16-14(10-17)9-13-5-3-4-6-15(13)18-16/h3-6,9,12H,2,7-8,10-11H2,1H3. The lowest BCUT2D eigenvalue weighted by atomic mass is 10.1. The molecule has 0 spiro atoms. The summed E-state index contributed by atoms with van der Waals surface area (Å²) >= 11 is 6.12. The van der Waals surface area contributed by atoms with Crippen molar-refractivity contribution < 1.29 is 0 Å². The number of alkyl halides is 1. The maximum Gasteiger partial charge on any atom is 0.133 e. The number of halogens is 1. The summed E-state index contributed by atoms with van der Waals surface area (Å²) in [5.74, 6) is 2.45. The van der Waals surface area contributed by atoms with E-state index >= 15 is 0 Å². The Morgan fingerprint density at radius 2 is 2.11 bits per heavy atom. The first-order valence-corrected chi connectivity index (χ1v) is 7.55. The van der Waals surface area contributed by atoms with Crippen LogP contribution >= 0.6 is 11.6 Å². The summed E-state index contributed by atoms with van der Waals surface area (Å²) < 4.78 is 0. The van der Waals surface area contributed by atoms with Gasteiger partial charge in [0.1, 0.15) is 5.82 Å². The Labute approximate surface area is 119 Å². The van der Waals surface area contributed by atoms with Crippen LogP contribution in [0.4, 0.5) is 5.82 Å². The van der Waals surface area contributed by atoms with Gasteiger partial charge in [-0.1, -0.05) is 18.2 Å². The normalized spacial score (nSPS) is 14.8. The predicted octanol–water partition coefficient (Wildman–Crippen LogP) is 4.21. The van der Waals surface area contributed by atoms with E-state index < -0.39 is 0 Å². The van der Waals surface area contributed by atoms with Gasteiger partial charge in [0.2, 0.25) is 0 Å². The number of hydrogen-bond donors (Lipinski definition) is 0. The van der Waals surface area contributed by atoms with Gasteiger partial charge in [0.05, 0.1) is 11.4 Å². The zero-order valence-electron chi connectivity index (χ0n) is 11.3. The van der Waals surface area contributed by atoms with Crippen molar-refractivity contribution >= 4 is 28.3 Å². The van der Waals surface area contributed by atoms with Gasteiger partial charge in [-0.3, -0.25) is 0 Å². The van der Waals surface area contributed by atoms with E-state index in [4.69, 9.17) is 16.6 Å². The number of nitrogens with zero attached hydrogens (tertiary/aromatic N) is 2. The van der Waals surface area contributed by atoms with Gasteiger partial charge in [0.15, 0.2) is 0 Å². The fourth-order valence-corrected chi connectivity index (χ4v) is 2.70. The van der Waals surface area contributed by atoms with Crippen LogP contribution in [0.15, 0.2) is 30.3 Å². The molecule has 19 heavy (non-hydrogen) atoms. The Morgan fingerprint density at radius 3 is 2.79 bits per heavy atom.